The van der Waals surface area contributed by atoms with Crippen LogP contribution >= 0.6 is 11.6 Å². The van der Waals surface area contributed by atoms with Crippen LogP contribution in [0.2, 0.25) is 5.02 Å². The first-order chi connectivity index (χ1) is 17.1. The Morgan fingerprint density at radius 1 is 0.886 bits per heavy atom. The number of benzene rings is 3. The molecule has 5 aromatic rings. The van der Waals surface area contributed by atoms with Crippen molar-refractivity contribution in [2.24, 2.45) is 0 Å². The van der Waals surface area contributed by atoms with Crippen molar-refractivity contribution in [1.82, 2.24) is 19.6 Å². The Bertz CT molecular complexity index is 1430. The van der Waals surface area contributed by atoms with Crippen LogP contribution in [0.3, 0.4) is 0 Å². The minimum atomic E-state index is -0.326. The van der Waals surface area contributed by atoms with Crippen molar-refractivity contribution in [3.8, 4) is 16.9 Å². The molecule has 0 aliphatic heterocycles. The molecule has 1 amide bonds. The molecule has 8 heteroatoms. The summed E-state index contributed by atoms with van der Waals surface area (Å²) in [6, 6.07) is 27.2. The molecule has 0 aliphatic carbocycles. The van der Waals surface area contributed by atoms with Gasteiger partial charge in [-0.25, -0.2) is 4.68 Å². The van der Waals surface area contributed by atoms with E-state index in [4.69, 9.17) is 16.3 Å². The molecule has 0 bridgehead atoms. The van der Waals surface area contributed by atoms with Crippen LogP contribution in [0.25, 0.3) is 11.1 Å². The van der Waals surface area contributed by atoms with Gasteiger partial charge in [0, 0.05) is 17.4 Å². The second kappa shape index (κ2) is 10.3. The van der Waals surface area contributed by atoms with Gasteiger partial charge in [-0.1, -0.05) is 72.3 Å². The SMILES string of the molecule is O=C(Nc1cnn(Cc2ccccc2Cl)c1)c1ccn(COc2ccc(-c3ccccc3)cc2)n1. The van der Waals surface area contributed by atoms with Crippen molar-refractivity contribution < 1.29 is 9.53 Å². The zero-order chi connectivity index (χ0) is 24.0. The topological polar surface area (TPSA) is 74.0 Å². The van der Waals surface area contributed by atoms with E-state index in [1.54, 1.807) is 34.0 Å². The number of rotatable bonds is 8. The van der Waals surface area contributed by atoms with E-state index in [0.717, 1.165) is 22.4 Å². The lowest BCUT2D eigenvalue weighted by Crippen LogP contribution is -2.14. The molecular formula is C27H22ClN5O2. The lowest BCUT2D eigenvalue weighted by molar-refractivity contribution is 0.102. The molecule has 35 heavy (non-hydrogen) atoms. The molecule has 2 heterocycles. The van der Waals surface area contributed by atoms with E-state index in [1.165, 1.54) is 0 Å². The maximum Gasteiger partial charge on any atom is 0.276 e. The zero-order valence-corrected chi connectivity index (χ0v) is 19.5. The average Bonchev–Trinajstić information content (AvgIpc) is 3.55. The molecule has 7 nitrogen and oxygen atoms in total. The Kier molecular flexibility index (Phi) is 6.59. The van der Waals surface area contributed by atoms with Crippen molar-refractivity contribution >= 4 is 23.2 Å². The van der Waals surface area contributed by atoms with Crippen molar-refractivity contribution in [3.63, 3.8) is 0 Å². The number of aromatic nitrogens is 4. The van der Waals surface area contributed by atoms with Crippen LogP contribution in [0.15, 0.2) is 104 Å². The van der Waals surface area contributed by atoms with E-state index in [1.807, 2.05) is 66.7 Å². The van der Waals surface area contributed by atoms with Crippen LogP contribution in [0, 0.1) is 0 Å². The third kappa shape index (κ3) is 5.59. The fourth-order valence-electron chi connectivity index (χ4n) is 3.58. The minimum Gasteiger partial charge on any atom is -0.471 e. The van der Waals surface area contributed by atoms with E-state index in [2.05, 4.69) is 27.6 Å². The molecule has 174 valence electrons. The van der Waals surface area contributed by atoms with Gasteiger partial charge < -0.3 is 10.1 Å². The largest absolute Gasteiger partial charge is 0.471 e. The Morgan fingerprint density at radius 2 is 1.63 bits per heavy atom. The summed E-state index contributed by atoms with van der Waals surface area (Å²) in [4.78, 5) is 12.6. The van der Waals surface area contributed by atoms with Gasteiger partial charge in [0.15, 0.2) is 12.4 Å². The lowest BCUT2D eigenvalue weighted by atomic mass is 10.1. The summed E-state index contributed by atoms with van der Waals surface area (Å²) in [5.74, 6) is 0.394. The predicted molar refractivity (Wildman–Crippen MR) is 135 cm³/mol. The van der Waals surface area contributed by atoms with Crippen LogP contribution in [-0.2, 0) is 13.3 Å². The number of carbonyl (C=O) groups excluding carboxylic acids is 1. The highest BCUT2D eigenvalue weighted by Crippen LogP contribution is 2.22. The van der Waals surface area contributed by atoms with Gasteiger partial charge in [0.05, 0.1) is 18.4 Å². The Labute approximate surface area is 207 Å². The number of carbonyl (C=O) groups is 1. The number of halogens is 1. The quantitative estimate of drug-likeness (QED) is 0.305. The number of nitrogens with one attached hydrogen (secondary N) is 1. The first kappa shape index (κ1) is 22.4. The summed E-state index contributed by atoms with van der Waals surface area (Å²) in [6.07, 6.45) is 5.04. The Hall–Kier alpha value is -4.36. The number of hydrogen-bond acceptors (Lipinski definition) is 4. The van der Waals surface area contributed by atoms with E-state index in [0.29, 0.717) is 17.3 Å². The van der Waals surface area contributed by atoms with Crippen LogP contribution in [0.5, 0.6) is 5.75 Å². The first-order valence-electron chi connectivity index (χ1n) is 11.0. The van der Waals surface area contributed by atoms with E-state index >= 15 is 0 Å². The fraction of sp³-hybridized carbons (Fsp3) is 0.0741. The van der Waals surface area contributed by atoms with Crippen LogP contribution in [0.1, 0.15) is 16.1 Å². The molecule has 0 atom stereocenters. The maximum absolute atomic E-state index is 12.6. The normalized spacial score (nSPS) is 10.8. The van der Waals surface area contributed by atoms with Crippen molar-refractivity contribution in [2.45, 2.75) is 13.3 Å². The molecular weight excluding hydrogens is 462 g/mol. The number of nitrogens with zero attached hydrogens (tertiary/aromatic N) is 4. The molecule has 0 spiro atoms. The molecule has 5 rings (SSSR count). The smallest absolute Gasteiger partial charge is 0.276 e. The van der Waals surface area contributed by atoms with Crippen LogP contribution < -0.4 is 10.1 Å². The van der Waals surface area contributed by atoms with Gasteiger partial charge in [-0.3, -0.25) is 9.48 Å². The Morgan fingerprint density at radius 3 is 2.43 bits per heavy atom. The summed E-state index contributed by atoms with van der Waals surface area (Å²) in [7, 11) is 0. The van der Waals surface area contributed by atoms with Crippen LogP contribution in [0.4, 0.5) is 5.69 Å². The van der Waals surface area contributed by atoms with E-state index < -0.39 is 0 Å². The van der Waals surface area contributed by atoms with E-state index in [-0.39, 0.29) is 18.3 Å². The summed E-state index contributed by atoms with van der Waals surface area (Å²) in [5.41, 5.74) is 4.07. The molecule has 0 radical (unpaired) electrons. The Balaban J connectivity index is 1.15. The number of anilines is 1. The molecule has 2 aromatic heterocycles. The second-order valence-corrected chi connectivity index (χ2v) is 8.28. The highest BCUT2D eigenvalue weighted by atomic mass is 35.5. The minimum absolute atomic E-state index is 0.188. The monoisotopic (exact) mass is 483 g/mol. The molecule has 1 N–H and O–H groups in total. The molecule has 0 saturated heterocycles. The lowest BCUT2D eigenvalue weighted by Gasteiger charge is -2.07. The first-order valence-corrected chi connectivity index (χ1v) is 11.4. The van der Waals surface area contributed by atoms with Gasteiger partial charge in [0.25, 0.3) is 5.91 Å². The molecule has 0 aliphatic rings. The van der Waals surface area contributed by atoms with Gasteiger partial charge in [0.2, 0.25) is 0 Å². The van der Waals surface area contributed by atoms with Crippen molar-refractivity contribution in [2.75, 3.05) is 5.32 Å². The fourth-order valence-corrected chi connectivity index (χ4v) is 3.78. The summed E-state index contributed by atoms with van der Waals surface area (Å²) >= 11 is 6.21. The summed E-state index contributed by atoms with van der Waals surface area (Å²) in [5, 5.41) is 12.1. The highest BCUT2D eigenvalue weighted by molar-refractivity contribution is 6.31. The molecule has 3 aromatic carbocycles. The molecule has 0 fully saturated rings. The average molecular weight is 484 g/mol. The second-order valence-electron chi connectivity index (χ2n) is 7.88. The molecule has 0 saturated carbocycles. The standard InChI is InChI=1S/C27H22ClN5O2/c28-25-9-5-4-8-22(25)17-33-18-23(16-29-33)30-27(34)26-14-15-32(31-26)19-35-24-12-10-21(11-13-24)20-6-2-1-3-7-20/h1-16,18H,17,19H2,(H,30,34). The predicted octanol–water partition coefficient (Wildman–Crippen LogP) is 5.74. The van der Waals surface area contributed by atoms with E-state index in [9.17, 15) is 4.79 Å². The van der Waals surface area contributed by atoms with Gasteiger partial charge in [-0.05, 0) is 41.0 Å². The van der Waals surface area contributed by atoms with Crippen molar-refractivity contribution in [1.29, 1.82) is 0 Å². The third-order valence-electron chi connectivity index (χ3n) is 5.38. The summed E-state index contributed by atoms with van der Waals surface area (Å²) < 4.78 is 9.09. The zero-order valence-electron chi connectivity index (χ0n) is 18.7. The summed E-state index contributed by atoms with van der Waals surface area (Å²) in [6.45, 7) is 0.696. The third-order valence-corrected chi connectivity index (χ3v) is 5.75. The number of hydrogen-bond donors (Lipinski definition) is 1. The number of ether oxygens (including phenoxy) is 1. The van der Waals surface area contributed by atoms with Crippen molar-refractivity contribution in [3.05, 3.63) is 120 Å². The van der Waals surface area contributed by atoms with Crippen LogP contribution in [-0.4, -0.2) is 25.5 Å². The molecule has 0 unspecified atom stereocenters. The van der Waals surface area contributed by atoms with Gasteiger partial charge >= 0.3 is 0 Å². The number of amides is 1. The van der Waals surface area contributed by atoms with Gasteiger partial charge in [-0.2, -0.15) is 10.2 Å². The maximum atomic E-state index is 12.6. The van der Waals surface area contributed by atoms with Gasteiger partial charge in [0.1, 0.15) is 5.75 Å². The van der Waals surface area contributed by atoms with Gasteiger partial charge in [-0.15, -0.1) is 0 Å². The highest BCUT2D eigenvalue weighted by Gasteiger charge is 2.12.